The van der Waals surface area contributed by atoms with E-state index < -0.39 is 0 Å². The molecule has 0 amide bonds. The topological polar surface area (TPSA) is 59.5 Å². The molecule has 0 bridgehead atoms. The first kappa shape index (κ1) is 24.6. The number of hydrogen-bond acceptors (Lipinski definition) is 5. The first-order chi connectivity index (χ1) is 21.7. The predicted molar refractivity (Wildman–Crippen MR) is 178 cm³/mol. The highest BCUT2D eigenvalue weighted by molar-refractivity contribution is 6.13. The fourth-order valence-electron chi connectivity index (χ4n) is 6.36. The molecular weight excluding hydrogens is 542 g/mol. The molecule has 6 heteroatoms. The van der Waals surface area contributed by atoms with Crippen molar-refractivity contribution < 1.29 is 4.42 Å². The molecule has 0 unspecified atom stereocenters. The number of nitrogens with zero attached hydrogens (tertiary/aromatic N) is 5. The summed E-state index contributed by atoms with van der Waals surface area (Å²) >= 11 is 0. The van der Waals surface area contributed by atoms with Gasteiger partial charge in [-0.25, -0.2) is 14.5 Å². The van der Waals surface area contributed by atoms with Gasteiger partial charge in [0, 0.05) is 44.2 Å². The first-order valence-corrected chi connectivity index (χ1v) is 14.6. The van der Waals surface area contributed by atoms with Crippen LogP contribution in [0, 0.1) is 6.92 Å². The lowest BCUT2D eigenvalue weighted by Crippen LogP contribution is -2.12. The SMILES string of the molecule is Cc1ccc2c(n1)oc1c(-c3cccc(N(c4ccccc4)c4ccc5c6ccccc6c6ccnn6c5c4)n3)cccc12. The lowest BCUT2D eigenvalue weighted by Gasteiger charge is -2.25. The van der Waals surface area contributed by atoms with Gasteiger partial charge < -0.3 is 4.42 Å². The minimum Gasteiger partial charge on any atom is -0.437 e. The van der Waals surface area contributed by atoms with Gasteiger partial charge in [0.15, 0.2) is 0 Å². The summed E-state index contributed by atoms with van der Waals surface area (Å²) < 4.78 is 8.36. The van der Waals surface area contributed by atoms with Crippen molar-refractivity contribution in [1.82, 2.24) is 19.6 Å². The number of pyridine rings is 3. The quantitative estimate of drug-likeness (QED) is 0.198. The Morgan fingerprint density at radius 2 is 1.36 bits per heavy atom. The van der Waals surface area contributed by atoms with Gasteiger partial charge in [-0.15, -0.1) is 0 Å². The number of aryl methyl sites for hydroxylation is 1. The molecule has 9 rings (SSSR count). The van der Waals surface area contributed by atoms with Crippen LogP contribution in [0.15, 0.2) is 138 Å². The highest BCUT2D eigenvalue weighted by Gasteiger charge is 2.19. The van der Waals surface area contributed by atoms with E-state index in [0.717, 1.165) is 66.9 Å². The molecule has 5 aromatic heterocycles. The zero-order valence-electron chi connectivity index (χ0n) is 23.8. The summed E-state index contributed by atoms with van der Waals surface area (Å²) in [5, 5.41) is 10.3. The Hall–Kier alpha value is -6.01. The summed E-state index contributed by atoms with van der Waals surface area (Å²) in [5.41, 5.74) is 8.22. The molecule has 0 atom stereocenters. The lowest BCUT2D eigenvalue weighted by molar-refractivity contribution is 0.653. The van der Waals surface area contributed by atoms with Gasteiger partial charge in [-0.2, -0.15) is 5.10 Å². The van der Waals surface area contributed by atoms with E-state index >= 15 is 0 Å². The molecular formula is C38H25N5O. The lowest BCUT2D eigenvalue weighted by atomic mass is 10.0. The van der Waals surface area contributed by atoms with Gasteiger partial charge in [0.2, 0.25) is 5.71 Å². The molecule has 0 saturated heterocycles. The van der Waals surface area contributed by atoms with Gasteiger partial charge in [0.1, 0.15) is 11.4 Å². The van der Waals surface area contributed by atoms with E-state index in [1.807, 2.05) is 41.9 Å². The van der Waals surface area contributed by atoms with Gasteiger partial charge in [-0.1, -0.05) is 66.7 Å². The van der Waals surface area contributed by atoms with Crippen molar-refractivity contribution in [3.05, 3.63) is 139 Å². The van der Waals surface area contributed by atoms with Crippen LogP contribution < -0.4 is 4.90 Å². The van der Waals surface area contributed by atoms with Crippen molar-refractivity contribution >= 4 is 66.5 Å². The van der Waals surface area contributed by atoms with Crippen molar-refractivity contribution in [2.24, 2.45) is 0 Å². The summed E-state index contributed by atoms with van der Waals surface area (Å²) in [6.07, 6.45) is 1.86. The van der Waals surface area contributed by atoms with Crippen LogP contribution in [0.4, 0.5) is 17.2 Å². The summed E-state index contributed by atoms with van der Waals surface area (Å²) in [7, 11) is 0. The van der Waals surface area contributed by atoms with Gasteiger partial charge in [-0.05, 0) is 73.0 Å². The third-order valence-electron chi connectivity index (χ3n) is 8.36. The van der Waals surface area contributed by atoms with Crippen LogP contribution in [-0.2, 0) is 0 Å². The minimum absolute atomic E-state index is 0.642. The smallest absolute Gasteiger partial charge is 0.227 e. The normalized spacial score (nSPS) is 11.8. The maximum absolute atomic E-state index is 6.33. The highest BCUT2D eigenvalue weighted by Crippen LogP contribution is 2.39. The Labute approximate surface area is 252 Å². The van der Waals surface area contributed by atoms with Gasteiger partial charge in [0.25, 0.3) is 0 Å². The Morgan fingerprint density at radius 1 is 0.591 bits per heavy atom. The first-order valence-electron chi connectivity index (χ1n) is 14.6. The molecule has 0 saturated carbocycles. The summed E-state index contributed by atoms with van der Waals surface area (Å²) in [6, 6.07) is 43.9. The Morgan fingerprint density at radius 3 is 2.27 bits per heavy atom. The Bertz CT molecular complexity index is 2530. The molecule has 5 heterocycles. The van der Waals surface area contributed by atoms with E-state index in [-0.39, 0.29) is 0 Å². The molecule has 6 nitrogen and oxygen atoms in total. The van der Waals surface area contributed by atoms with Crippen LogP contribution in [0.2, 0.25) is 0 Å². The number of para-hydroxylation sites is 2. The average molecular weight is 568 g/mol. The summed E-state index contributed by atoms with van der Waals surface area (Å²) in [6.45, 7) is 1.98. The molecule has 0 fully saturated rings. The number of fused-ring (bicyclic) bond motifs is 9. The number of rotatable bonds is 4. The number of hydrogen-bond donors (Lipinski definition) is 0. The zero-order valence-corrected chi connectivity index (χ0v) is 23.8. The minimum atomic E-state index is 0.642. The maximum atomic E-state index is 6.33. The van der Waals surface area contributed by atoms with Gasteiger partial charge in [-0.3, -0.25) is 4.90 Å². The molecule has 0 radical (unpaired) electrons. The number of anilines is 3. The van der Waals surface area contributed by atoms with E-state index in [0.29, 0.717) is 5.71 Å². The second-order valence-corrected chi connectivity index (χ2v) is 11.0. The largest absolute Gasteiger partial charge is 0.437 e. The molecule has 0 spiro atoms. The van der Waals surface area contributed by atoms with E-state index in [1.54, 1.807) is 0 Å². The molecule has 0 N–H and O–H groups in total. The van der Waals surface area contributed by atoms with Gasteiger partial charge >= 0.3 is 0 Å². The van der Waals surface area contributed by atoms with Crippen molar-refractivity contribution in [2.75, 3.05) is 4.90 Å². The van der Waals surface area contributed by atoms with Crippen LogP contribution in [-0.4, -0.2) is 19.6 Å². The average Bonchev–Trinajstić information content (AvgIpc) is 3.71. The van der Waals surface area contributed by atoms with E-state index in [1.165, 1.54) is 10.8 Å². The zero-order chi connectivity index (χ0) is 29.2. The summed E-state index contributed by atoms with van der Waals surface area (Å²) in [5.74, 6) is 0.799. The van der Waals surface area contributed by atoms with Gasteiger partial charge in [0.05, 0.1) is 22.9 Å². The van der Waals surface area contributed by atoms with Crippen LogP contribution in [0.1, 0.15) is 5.69 Å². The molecule has 208 valence electrons. The third-order valence-corrected chi connectivity index (χ3v) is 8.36. The summed E-state index contributed by atoms with van der Waals surface area (Å²) in [4.78, 5) is 12.1. The van der Waals surface area contributed by atoms with E-state index in [2.05, 4.69) is 113 Å². The second kappa shape index (κ2) is 9.51. The fraction of sp³-hybridized carbons (Fsp3) is 0.0263. The van der Waals surface area contributed by atoms with Crippen LogP contribution in [0.3, 0.4) is 0 Å². The second-order valence-electron chi connectivity index (χ2n) is 11.0. The van der Waals surface area contributed by atoms with Crippen molar-refractivity contribution in [3.8, 4) is 11.3 Å². The van der Waals surface area contributed by atoms with Crippen LogP contribution in [0.5, 0.6) is 0 Å². The Kier molecular flexibility index (Phi) is 5.31. The van der Waals surface area contributed by atoms with Crippen molar-refractivity contribution in [2.45, 2.75) is 6.92 Å². The van der Waals surface area contributed by atoms with Crippen molar-refractivity contribution in [1.29, 1.82) is 0 Å². The number of benzene rings is 4. The van der Waals surface area contributed by atoms with E-state index in [4.69, 9.17) is 14.5 Å². The molecule has 9 aromatic rings. The highest BCUT2D eigenvalue weighted by atomic mass is 16.3. The fourth-order valence-corrected chi connectivity index (χ4v) is 6.36. The molecule has 44 heavy (non-hydrogen) atoms. The molecule has 4 aromatic carbocycles. The molecule has 0 aliphatic heterocycles. The van der Waals surface area contributed by atoms with E-state index in [9.17, 15) is 0 Å². The molecule has 0 aliphatic rings. The Balaban J connectivity index is 1.25. The standard InChI is InChI=1S/C38H25N5O/c1-24-17-19-31-30-13-7-14-32(37(30)44-38(31)40-24)33-15-8-16-36(41-33)42(25-9-3-2-4-10-25)26-18-20-29-27-11-5-6-12-28(27)34-21-22-39-43(34)35(29)23-26/h2-23H,1H3. The third kappa shape index (κ3) is 3.71. The maximum Gasteiger partial charge on any atom is 0.227 e. The van der Waals surface area contributed by atoms with Crippen molar-refractivity contribution in [3.63, 3.8) is 0 Å². The number of aromatic nitrogens is 4. The molecule has 0 aliphatic carbocycles. The predicted octanol–water partition coefficient (Wildman–Crippen LogP) is 9.78. The van der Waals surface area contributed by atoms with Crippen LogP contribution >= 0.6 is 0 Å². The number of furan rings is 1. The monoisotopic (exact) mass is 567 g/mol. The van der Waals surface area contributed by atoms with Crippen LogP contribution in [0.25, 0.3) is 60.5 Å².